The molecule has 1 rings (SSSR count). The Morgan fingerprint density at radius 2 is 2.06 bits per heavy atom. The molecule has 16 heavy (non-hydrogen) atoms. The van der Waals surface area contributed by atoms with Gasteiger partial charge in [0.2, 0.25) is 0 Å². The van der Waals surface area contributed by atoms with E-state index >= 15 is 0 Å². The molecule has 1 aromatic carbocycles. The van der Waals surface area contributed by atoms with Crippen LogP contribution in [0.5, 0.6) is 5.75 Å². The first kappa shape index (κ1) is 12.6. The number of benzene rings is 1. The minimum absolute atomic E-state index is 0.0522. The smallest absolute Gasteiger partial charge is 0.405 e. The van der Waals surface area contributed by atoms with Gasteiger partial charge in [0.1, 0.15) is 5.75 Å². The van der Waals surface area contributed by atoms with Crippen LogP contribution in [0, 0.1) is 0 Å². The summed E-state index contributed by atoms with van der Waals surface area (Å²) in [4.78, 5) is 10.5. The fourth-order valence-corrected chi connectivity index (χ4v) is 1.40. The number of ether oxygens (including phenoxy) is 1. The highest BCUT2D eigenvalue weighted by molar-refractivity contribution is 6.17. The highest BCUT2D eigenvalue weighted by Gasteiger charge is 2.32. The molecule has 0 bridgehead atoms. The average molecular weight is 254 g/mol. The Hall–Kier alpha value is -1.43. The largest absolute Gasteiger partial charge is 0.573 e. The molecule has 0 spiro atoms. The highest BCUT2D eigenvalue weighted by atomic mass is 35.5. The van der Waals surface area contributed by atoms with Gasteiger partial charge in [-0.2, -0.15) is 0 Å². The lowest BCUT2D eigenvalue weighted by Crippen LogP contribution is -2.18. The van der Waals surface area contributed by atoms with Gasteiger partial charge in [0.05, 0.1) is 11.6 Å². The number of carbonyl (C=O) groups excluding carboxylic acids is 1. The Balaban J connectivity index is 3.21. The molecule has 0 saturated carbocycles. The molecule has 0 fully saturated rings. The van der Waals surface area contributed by atoms with Gasteiger partial charge in [-0.1, -0.05) is 0 Å². The average Bonchev–Trinajstić information content (AvgIpc) is 2.16. The third-order valence-electron chi connectivity index (χ3n) is 1.83. The van der Waals surface area contributed by atoms with Crippen LogP contribution in [0.2, 0.25) is 0 Å². The van der Waals surface area contributed by atoms with E-state index < -0.39 is 12.1 Å². The number of anilines is 1. The molecular weight excluding hydrogens is 247 g/mol. The van der Waals surface area contributed by atoms with E-state index in [4.69, 9.17) is 17.3 Å². The van der Waals surface area contributed by atoms with Gasteiger partial charge >= 0.3 is 6.36 Å². The second-order valence-corrected chi connectivity index (χ2v) is 3.11. The van der Waals surface area contributed by atoms with E-state index in [0.717, 1.165) is 12.1 Å². The van der Waals surface area contributed by atoms with Gasteiger partial charge in [0, 0.05) is 11.1 Å². The Morgan fingerprint density at radius 3 is 2.50 bits per heavy atom. The predicted molar refractivity (Wildman–Crippen MR) is 52.5 cm³/mol. The summed E-state index contributed by atoms with van der Waals surface area (Å²) < 4.78 is 39.7. The van der Waals surface area contributed by atoms with Gasteiger partial charge in [-0.25, -0.2) is 0 Å². The molecule has 2 N–H and O–H groups in total. The topological polar surface area (TPSA) is 52.3 Å². The van der Waals surface area contributed by atoms with Crippen molar-refractivity contribution in [1.29, 1.82) is 0 Å². The number of hydrogen-bond donors (Lipinski definition) is 1. The normalized spacial score (nSPS) is 11.2. The maximum Gasteiger partial charge on any atom is 0.573 e. The summed E-state index contributed by atoms with van der Waals surface area (Å²) in [5.74, 6) is -0.774. The van der Waals surface area contributed by atoms with Crippen LogP contribution in [-0.4, -0.2) is 12.6 Å². The van der Waals surface area contributed by atoms with Crippen molar-refractivity contribution in [1.82, 2.24) is 0 Å². The van der Waals surface area contributed by atoms with Crippen molar-refractivity contribution < 1.29 is 22.7 Å². The number of rotatable bonds is 3. The summed E-state index contributed by atoms with van der Waals surface area (Å²) in [5.41, 5.74) is 5.38. The number of nitrogens with two attached hydrogens (primary N) is 1. The summed E-state index contributed by atoms with van der Waals surface area (Å²) in [5, 5.41) is 0. The van der Waals surface area contributed by atoms with Gasteiger partial charge in [-0.15, -0.1) is 24.8 Å². The Morgan fingerprint density at radius 1 is 1.44 bits per heavy atom. The van der Waals surface area contributed by atoms with Gasteiger partial charge in [-0.3, -0.25) is 4.79 Å². The van der Waals surface area contributed by atoms with E-state index in [1.165, 1.54) is 0 Å². The van der Waals surface area contributed by atoms with Crippen LogP contribution < -0.4 is 10.5 Å². The lowest BCUT2D eigenvalue weighted by Gasteiger charge is -2.14. The molecule has 3 nitrogen and oxygen atoms in total. The third kappa shape index (κ3) is 2.79. The Kier molecular flexibility index (Phi) is 3.64. The van der Waals surface area contributed by atoms with E-state index in [2.05, 4.69) is 4.74 Å². The number of nitrogen functional groups attached to an aromatic ring is 1. The number of carbonyl (C=O) groups is 1. The van der Waals surface area contributed by atoms with Gasteiger partial charge < -0.3 is 10.5 Å². The monoisotopic (exact) mass is 253 g/mol. The molecule has 1 aromatic rings. The zero-order valence-electron chi connectivity index (χ0n) is 7.84. The molecule has 0 unspecified atom stereocenters. The van der Waals surface area contributed by atoms with Crippen LogP contribution >= 0.6 is 11.6 Å². The Labute approximate surface area is 93.9 Å². The number of aldehydes is 1. The maximum atomic E-state index is 12.0. The minimum Gasteiger partial charge on any atom is -0.405 e. The van der Waals surface area contributed by atoms with Crippen LogP contribution in [0.15, 0.2) is 12.1 Å². The van der Waals surface area contributed by atoms with Gasteiger partial charge in [0.25, 0.3) is 0 Å². The number of alkyl halides is 4. The molecular formula is C9H7ClF3NO2. The van der Waals surface area contributed by atoms with Crippen LogP contribution in [0.3, 0.4) is 0 Å². The van der Waals surface area contributed by atoms with Crippen molar-refractivity contribution in [2.24, 2.45) is 0 Å². The number of hydrogen-bond acceptors (Lipinski definition) is 3. The minimum atomic E-state index is -4.82. The SMILES string of the molecule is Nc1c(C=O)ccc(OC(F)(F)F)c1CCl. The van der Waals surface area contributed by atoms with E-state index in [1.54, 1.807) is 0 Å². The molecule has 0 aliphatic rings. The van der Waals surface area contributed by atoms with E-state index in [1.807, 2.05) is 0 Å². The second kappa shape index (κ2) is 4.61. The highest BCUT2D eigenvalue weighted by Crippen LogP contribution is 2.32. The zero-order valence-corrected chi connectivity index (χ0v) is 8.60. The predicted octanol–water partition coefficient (Wildman–Crippen LogP) is 2.72. The fraction of sp³-hybridized carbons (Fsp3) is 0.222. The van der Waals surface area contributed by atoms with E-state index in [9.17, 15) is 18.0 Å². The van der Waals surface area contributed by atoms with Crippen LogP contribution in [0.25, 0.3) is 0 Å². The van der Waals surface area contributed by atoms with Crippen LogP contribution in [0.4, 0.5) is 18.9 Å². The van der Waals surface area contributed by atoms with Crippen LogP contribution in [-0.2, 0) is 5.88 Å². The molecule has 0 aliphatic carbocycles. The van der Waals surface area contributed by atoms with Gasteiger partial charge in [-0.05, 0) is 12.1 Å². The lowest BCUT2D eigenvalue weighted by atomic mass is 10.1. The standard InChI is InChI=1S/C9H7ClF3NO2/c10-3-6-7(16-9(11,12)13)2-1-5(4-15)8(6)14/h1-2,4H,3,14H2. The van der Waals surface area contributed by atoms with Crippen molar-refractivity contribution in [2.45, 2.75) is 12.2 Å². The van der Waals surface area contributed by atoms with E-state index in [-0.39, 0.29) is 22.7 Å². The van der Waals surface area contributed by atoms with E-state index in [0.29, 0.717) is 6.29 Å². The number of halogens is 4. The van der Waals surface area contributed by atoms with Crippen molar-refractivity contribution in [3.8, 4) is 5.75 Å². The third-order valence-corrected chi connectivity index (χ3v) is 2.10. The molecule has 88 valence electrons. The molecule has 0 saturated heterocycles. The molecule has 0 aliphatic heterocycles. The molecule has 0 heterocycles. The van der Waals surface area contributed by atoms with Crippen LogP contribution in [0.1, 0.15) is 15.9 Å². The molecule has 0 aromatic heterocycles. The zero-order chi connectivity index (χ0) is 12.3. The molecule has 0 amide bonds. The quantitative estimate of drug-likeness (QED) is 0.512. The first-order valence-corrected chi connectivity index (χ1v) is 4.60. The van der Waals surface area contributed by atoms with Crippen molar-refractivity contribution >= 4 is 23.6 Å². The summed E-state index contributed by atoms with van der Waals surface area (Å²) in [6, 6.07) is 2.14. The first-order valence-electron chi connectivity index (χ1n) is 4.07. The molecule has 0 radical (unpaired) electrons. The van der Waals surface area contributed by atoms with Crippen molar-refractivity contribution in [3.05, 3.63) is 23.3 Å². The molecule has 0 atom stereocenters. The summed E-state index contributed by atoms with van der Waals surface area (Å²) in [6.45, 7) is 0. The fourth-order valence-electron chi connectivity index (χ4n) is 1.12. The van der Waals surface area contributed by atoms with Crippen molar-refractivity contribution in [2.75, 3.05) is 5.73 Å². The maximum absolute atomic E-state index is 12.0. The summed E-state index contributed by atoms with van der Waals surface area (Å²) in [6.07, 6.45) is -4.39. The second-order valence-electron chi connectivity index (χ2n) is 2.84. The summed E-state index contributed by atoms with van der Waals surface area (Å²) >= 11 is 5.45. The van der Waals surface area contributed by atoms with Gasteiger partial charge in [0.15, 0.2) is 6.29 Å². The first-order chi connectivity index (χ1) is 7.39. The molecule has 7 heteroatoms. The lowest BCUT2D eigenvalue weighted by molar-refractivity contribution is -0.274. The Bertz CT molecular complexity index is 406. The van der Waals surface area contributed by atoms with Crippen molar-refractivity contribution in [3.63, 3.8) is 0 Å². The summed E-state index contributed by atoms with van der Waals surface area (Å²) in [7, 11) is 0.